The van der Waals surface area contributed by atoms with Crippen LogP contribution in [0.1, 0.15) is 51.5 Å². The monoisotopic (exact) mass is 247 g/mol. The maximum absolute atomic E-state index is 9.30. The largest absolute Gasteiger partial charge is 0.508 e. The van der Waals surface area contributed by atoms with E-state index < -0.39 is 0 Å². The van der Waals surface area contributed by atoms with E-state index in [-0.39, 0.29) is 11.9 Å². The normalized spacial score (nSPS) is 11.8. The fraction of sp³-hybridized carbons (Fsp3) is 0.533. The molecule has 18 heavy (non-hydrogen) atoms. The Kier molecular flexibility index (Phi) is 6.07. The summed E-state index contributed by atoms with van der Waals surface area (Å²) in [5.41, 5.74) is 0.385. The lowest BCUT2D eigenvalue weighted by Crippen LogP contribution is -2.12. The molecule has 1 rings (SSSR count). The molecular weight excluding hydrogens is 226 g/mol. The van der Waals surface area contributed by atoms with Crippen LogP contribution < -0.4 is 4.74 Å². The van der Waals surface area contributed by atoms with E-state index >= 15 is 0 Å². The third-order valence-electron chi connectivity index (χ3n) is 2.88. The predicted molar refractivity (Wildman–Crippen MR) is 71.7 cm³/mol. The molecule has 0 saturated heterocycles. The van der Waals surface area contributed by atoms with E-state index in [4.69, 9.17) is 10.00 Å². The van der Waals surface area contributed by atoms with Gasteiger partial charge in [-0.25, -0.2) is 0 Å². The van der Waals surface area contributed by atoms with Crippen molar-refractivity contribution >= 4 is 0 Å². The lowest BCUT2D eigenvalue weighted by molar-refractivity contribution is 0.205. The zero-order chi connectivity index (χ0) is 13.4. The number of unbranched alkanes of at least 4 members (excludes halogenated alkanes) is 3. The van der Waals surface area contributed by atoms with Crippen LogP contribution in [0.5, 0.6) is 11.5 Å². The first-order chi connectivity index (χ1) is 8.67. The Morgan fingerprint density at radius 1 is 1.33 bits per heavy atom. The fourth-order valence-corrected chi connectivity index (χ4v) is 1.84. The van der Waals surface area contributed by atoms with Crippen LogP contribution in [-0.2, 0) is 0 Å². The van der Waals surface area contributed by atoms with Gasteiger partial charge in [0.25, 0.3) is 0 Å². The first-order valence-corrected chi connectivity index (χ1v) is 6.57. The van der Waals surface area contributed by atoms with Crippen molar-refractivity contribution in [1.29, 1.82) is 5.26 Å². The van der Waals surface area contributed by atoms with Gasteiger partial charge in [0.1, 0.15) is 17.6 Å². The number of nitrogens with zero attached hydrogens (tertiary/aromatic N) is 1. The third kappa shape index (κ3) is 4.67. The van der Waals surface area contributed by atoms with Gasteiger partial charge in [-0.05, 0) is 31.9 Å². The zero-order valence-electron chi connectivity index (χ0n) is 11.1. The van der Waals surface area contributed by atoms with Crippen molar-refractivity contribution in [3.63, 3.8) is 0 Å². The fourth-order valence-electron chi connectivity index (χ4n) is 1.84. The van der Waals surface area contributed by atoms with Gasteiger partial charge in [-0.15, -0.1) is 0 Å². The van der Waals surface area contributed by atoms with Gasteiger partial charge >= 0.3 is 0 Å². The van der Waals surface area contributed by atoms with Crippen LogP contribution in [0, 0.1) is 11.3 Å². The van der Waals surface area contributed by atoms with E-state index in [1.165, 1.54) is 25.3 Å². The molecule has 0 bridgehead atoms. The summed E-state index contributed by atoms with van der Waals surface area (Å²) in [6, 6.07) is 6.65. The summed E-state index contributed by atoms with van der Waals surface area (Å²) in [5, 5.41) is 18.3. The highest BCUT2D eigenvalue weighted by atomic mass is 16.5. The van der Waals surface area contributed by atoms with Gasteiger partial charge in [-0.3, -0.25) is 0 Å². The molecule has 3 heteroatoms. The molecular formula is C15H21NO2. The highest BCUT2D eigenvalue weighted by Gasteiger charge is 2.09. The summed E-state index contributed by atoms with van der Waals surface area (Å²) < 4.78 is 5.74. The maximum atomic E-state index is 9.30. The summed E-state index contributed by atoms with van der Waals surface area (Å²) in [6.45, 7) is 4.20. The summed E-state index contributed by atoms with van der Waals surface area (Å²) in [7, 11) is 0. The molecule has 0 unspecified atom stereocenters. The van der Waals surface area contributed by atoms with Gasteiger partial charge < -0.3 is 9.84 Å². The molecule has 3 nitrogen and oxygen atoms in total. The van der Waals surface area contributed by atoms with Crippen molar-refractivity contribution < 1.29 is 9.84 Å². The summed E-state index contributed by atoms with van der Waals surface area (Å²) in [5.74, 6) is 0.646. The van der Waals surface area contributed by atoms with Crippen LogP contribution in [0.15, 0.2) is 18.2 Å². The minimum Gasteiger partial charge on any atom is -0.508 e. The second-order valence-corrected chi connectivity index (χ2v) is 4.57. The molecule has 0 radical (unpaired) electrons. The number of hydrogen-bond donors (Lipinski definition) is 1. The van der Waals surface area contributed by atoms with Crippen molar-refractivity contribution in [3.05, 3.63) is 23.8 Å². The zero-order valence-corrected chi connectivity index (χ0v) is 11.1. The van der Waals surface area contributed by atoms with Crippen LogP contribution in [0.25, 0.3) is 0 Å². The SMILES string of the molecule is CCCCCC[C@@H](C)Oc1ccc(O)cc1C#N. The Hall–Kier alpha value is -1.69. The van der Waals surface area contributed by atoms with Gasteiger partial charge in [0.05, 0.1) is 11.7 Å². The van der Waals surface area contributed by atoms with E-state index in [0.717, 1.165) is 12.8 Å². The molecule has 0 heterocycles. The van der Waals surface area contributed by atoms with Crippen molar-refractivity contribution in [3.8, 4) is 17.6 Å². The van der Waals surface area contributed by atoms with Crippen LogP contribution in [0.3, 0.4) is 0 Å². The summed E-state index contributed by atoms with van der Waals surface area (Å²) in [4.78, 5) is 0. The van der Waals surface area contributed by atoms with Gasteiger partial charge in [0, 0.05) is 6.07 Å². The van der Waals surface area contributed by atoms with Crippen LogP contribution in [0.4, 0.5) is 0 Å². The Labute approximate surface area is 109 Å². The number of rotatable bonds is 7. The van der Waals surface area contributed by atoms with Crippen molar-refractivity contribution in [2.24, 2.45) is 0 Å². The maximum Gasteiger partial charge on any atom is 0.137 e. The average molecular weight is 247 g/mol. The average Bonchev–Trinajstić information content (AvgIpc) is 2.37. The predicted octanol–water partition coefficient (Wildman–Crippen LogP) is 4.00. The van der Waals surface area contributed by atoms with Crippen LogP contribution in [-0.4, -0.2) is 11.2 Å². The van der Waals surface area contributed by atoms with Gasteiger partial charge in [-0.1, -0.05) is 26.2 Å². The summed E-state index contributed by atoms with van der Waals surface area (Å²) >= 11 is 0. The Balaban J connectivity index is 2.49. The Morgan fingerprint density at radius 2 is 2.11 bits per heavy atom. The molecule has 0 aromatic heterocycles. The minimum atomic E-state index is 0.0921. The molecule has 0 aliphatic heterocycles. The second-order valence-electron chi connectivity index (χ2n) is 4.57. The van der Waals surface area contributed by atoms with Gasteiger partial charge in [-0.2, -0.15) is 5.26 Å². The molecule has 1 aromatic carbocycles. The summed E-state index contributed by atoms with van der Waals surface area (Å²) in [6.07, 6.45) is 5.95. The number of benzene rings is 1. The van der Waals surface area contributed by atoms with Crippen molar-refractivity contribution in [2.45, 2.75) is 52.1 Å². The van der Waals surface area contributed by atoms with Crippen LogP contribution in [0.2, 0.25) is 0 Å². The Bertz CT molecular complexity index is 409. The number of phenols is 1. The van der Waals surface area contributed by atoms with E-state index in [1.807, 2.05) is 13.0 Å². The van der Waals surface area contributed by atoms with Crippen LogP contribution >= 0.6 is 0 Å². The molecule has 1 aromatic rings. The molecule has 0 aliphatic carbocycles. The van der Waals surface area contributed by atoms with E-state index in [9.17, 15) is 5.11 Å². The quantitative estimate of drug-likeness (QED) is 0.741. The highest BCUT2D eigenvalue weighted by molar-refractivity contribution is 5.47. The van der Waals surface area contributed by atoms with E-state index in [1.54, 1.807) is 12.1 Å². The number of phenolic OH excluding ortho intramolecular Hbond substituents is 1. The minimum absolute atomic E-state index is 0.0921. The highest BCUT2D eigenvalue weighted by Crippen LogP contribution is 2.24. The lowest BCUT2D eigenvalue weighted by atomic mass is 10.1. The molecule has 0 saturated carbocycles. The Morgan fingerprint density at radius 3 is 2.78 bits per heavy atom. The van der Waals surface area contributed by atoms with Gasteiger partial charge in [0.2, 0.25) is 0 Å². The van der Waals surface area contributed by atoms with Crippen molar-refractivity contribution in [1.82, 2.24) is 0 Å². The van der Waals surface area contributed by atoms with E-state index in [2.05, 4.69) is 6.92 Å². The number of aromatic hydroxyl groups is 1. The molecule has 98 valence electrons. The number of nitriles is 1. The van der Waals surface area contributed by atoms with E-state index in [0.29, 0.717) is 11.3 Å². The first kappa shape index (κ1) is 14.4. The number of ether oxygens (including phenoxy) is 1. The molecule has 0 spiro atoms. The third-order valence-corrected chi connectivity index (χ3v) is 2.88. The molecule has 1 N–H and O–H groups in total. The smallest absolute Gasteiger partial charge is 0.137 e. The number of hydrogen-bond acceptors (Lipinski definition) is 3. The molecule has 0 fully saturated rings. The standard InChI is InChI=1S/C15H21NO2/c1-3-4-5-6-7-12(2)18-15-9-8-14(17)10-13(15)11-16/h8-10,12,17H,3-7H2,1-2H3/t12-/m1/s1. The molecule has 0 amide bonds. The lowest BCUT2D eigenvalue weighted by Gasteiger charge is -2.15. The topological polar surface area (TPSA) is 53.2 Å². The first-order valence-electron chi connectivity index (χ1n) is 6.57. The van der Waals surface area contributed by atoms with Gasteiger partial charge in [0.15, 0.2) is 0 Å². The molecule has 1 atom stereocenters. The molecule has 0 aliphatic rings. The second kappa shape index (κ2) is 7.60. The van der Waals surface area contributed by atoms with Crippen molar-refractivity contribution in [2.75, 3.05) is 0 Å².